The van der Waals surface area contributed by atoms with Gasteiger partial charge in [-0.3, -0.25) is 14.5 Å². The fourth-order valence-corrected chi connectivity index (χ4v) is 5.90. The van der Waals surface area contributed by atoms with Gasteiger partial charge in [0, 0.05) is 44.9 Å². The predicted molar refractivity (Wildman–Crippen MR) is 105 cm³/mol. The number of rotatable bonds is 4. The van der Waals surface area contributed by atoms with Gasteiger partial charge in [-0.1, -0.05) is 24.3 Å². The second-order valence-electron chi connectivity index (χ2n) is 8.97. The average molecular weight is 383 g/mol. The van der Waals surface area contributed by atoms with Gasteiger partial charge >= 0.3 is 0 Å². The summed E-state index contributed by atoms with van der Waals surface area (Å²) in [5, 5.41) is 2.97. The van der Waals surface area contributed by atoms with Crippen LogP contribution in [-0.4, -0.2) is 66.0 Å². The van der Waals surface area contributed by atoms with E-state index in [1.165, 1.54) is 11.1 Å². The molecule has 28 heavy (non-hydrogen) atoms. The van der Waals surface area contributed by atoms with Gasteiger partial charge in [0.25, 0.3) is 0 Å². The maximum absolute atomic E-state index is 13.1. The first-order valence-corrected chi connectivity index (χ1v) is 10.5. The molecule has 6 heteroatoms. The number of likely N-dealkylation sites (tertiary alicyclic amines) is 1. The molecule has 5 rings (SSSR count). The summed E-state index contributed by atoms with van der Waals surface area (Å²) < 4.78 is 6.39. The SMILES string of the molecule is CC(=O)NC[C@H]1[C@H]2CN(C(=O)CN3CCc4ccccc4C3)C[C@]23CC[C@H]1O3. The van der Waals surface area contributed by atoms with E-state index in [0.29, 0.717) is 31.5 Å². The third-order valence-electron chi connectivity index (χ3n) is 7.29. The number of ether oxygens (including phenoxy) is 1. The Bertz CT molecular complexity index is 797. The lowest BCUT2D eigenvalue weighted by molar-refractivity contribution is -0.133. The number of hydrogen-bond acceptors (Lipinski definition) is 4. The molecule has 0 radical (unpaired) electrons. The molecule has 6 nitrogen and oxygen atoms in total. The molecule has 0 unspecified atom stereocenters. The maximum atomic E-state index is 13.1. The van der Waals surface area contributed by atoms with Crippen molar-refractivity contribution < 1.29 is 14.3 Å². The Morgan fingerprint density at radius 3 is 2.93 bits per heavy atom. The monoisotopic (exact) mass is 383 g/mol. The van der Waals surface area contributed by atoms with Gasteiger partial charge in [-0.25, -0.2) is 0 Å². The van der Waals surface area contributed by atoms with E-state index < -0.39 is 0 Å². The molecule has 1 aromatic carbocycles. The Kier molecular flexibility index (Phi) is 4.43. The molecule has 4 heterocycles. The number of nitrogens with one attached hydrogen (secondary N) is 1. The van der Waals surface area contributed by atoms with Gasteiger partial charge in [0.05, 0.1) is 24.8 Å². The fourth-order valence-electron chi connectivity index (χ4n) is 5.90. The summed E-state index contributed by atoms with van der Waals surface area (Å²) in [5.41, 5.74) is 2.58. The van der Waals surface area contributed by atoms with Crippen LogP contribution in [-0.2, 0) is 27.3 Å². The minimum Gasteiger partial charge on any atom is -0.369 e. The van der Waals surface area contributed by atoms with E-state index in [2.05, 4.69) is 34.5 Å². The van der Waals surface area contributed by atoms with E-state index in [1.807, 2.05) is 4.90 Å². The van der Waals surface area contributed by atoms with Crippen LogP contribution in [0.15, 0.2) is 24.3 Å². The second kappa shape index (κ2) is 6.85. The third-order valence-corrected chi connectivity index (χ3v) is 7.29. The largest absolute Gasteiger partial charge is 0.369 e. The molecule has 4 atom stereocenters. The number of benzene rings is 1. The molecule has 3 fully saturated rings. The van der Waals surface area contributed by atoms with E-state index >= 15 is 0 Å². The topological polar surface area (TPSA) is 61.9 Å². The van der Waals surface area contributed by atoms with Gasteiger partial charge in [-0.15, -0.1) is 0 Å². The first kappa shape index (κ1) is 18.1. The van der Waals surface area contributed by atoms with Crippen LogP contribution in [0.25, 0.3) is 0 Å². The highest BCUT2D eigenvalue weighted by atomic mass is 16.5. The van der Waals surface area contributed by atoms with Crippen LogP contribution < -0.4 is 5.32 Å². The van der Waals surface area contributed by atoms with Gasteiger partial charge < -0.3 is 15.0 Å². The normalized spacial score (nSPS) is 33.6. The Balaban J connectivity index is 1.22. The van der Waals surface area contributed by atoms with Crippen LogP contribution in [0.4, 0.5) is 0 Å². The number of amides is 2. The summed E-state index contributed by atoms with van der Waals surface area (Å²) >= 11 is 0. The molecule has 2 amide bonds. The molecule has 150 valence electrons. The van der Waals surface area contributed by atoms with Crippen molar-refractivity contribution in [3.8, 4) is 0 Å². The van der Waals surface area contributed by atoms with E-state index in [0.717, 1.165) is 38.9 Å². The molecule has 3 saturated heterocycles. The first-order valence-electron chi connectivity index (χ1n) is 10.5. The molecule has 1 N–H and O–H groups in total. The van der Waals surface area contributed by atoms with Crippen LogP contribution in [0.5, 0.6) is 0 Å². The highest BCUT2D eigenvalue weighted by Gasteiger charge is 2.63. The lowest BCUT2D eigenvalue weighted by atomic mass is 9.73. The summed E-state index contributed by atoms with van der Waals surface area (Å²) in [6.07, 6.45) is 3.35. The predicted octanol–water partition coefficient (Wildman–Crippen LogP) is 1.19. The van der Waals surface area contributed by atoms with Gasteiger partial charge in [0.2, 0.25) is 11.8 Å². The third kappa shape index (κ3) is 3.03. The number of nitrogens with zero attached hydrogens (tertiary/aromatic N) is 2. The number of carbonyl (C=O) groups is 2. The van der Waals surface area contributed by atoms with Crippen molar-refractivity contribution in [2.75, 3.05) is 32.7 Å². The first-order chi connectivity index (χ1) is 13.5. The van der Waals surface area contributed by atoms with Crippen molar-refractivity contribution in [2.45, 2.75) is 44.4 Å². The van der Waals surface area contributed by atoms with Gasteiger partial charge in [0.1, 0.15) is 0 Å². The smallest absolute Gasteiger partial charge is 0.236 e. The van der Waals surface area contributed by atoms with E-state index in [-0.39, 0.29) is 23.5 Å². The number of fused-ring (bicyclic) bond motifs is 2. The zero-order valence-corrected chi connectivity index (χ0v) is 16.5. The standard InChI is InChI=1S/C22H29N3O3/c1-15(26)23-10-18-19-12-25(14-22(19)8-6-20(18)28-22)21(27)13-24-9-7-16-4-2-3-5-17(16)11-24/h2-5,18-20H,6-14H2,1H3,(H,23,26)/t18-,19+,20+,22+/m0/s1. The molecule has 1 spiro atoms. The molecule has 4 aliphatic heterocycles. The summed E-state index contributed by atoms with van der Waals surface area (Å²) in [6, 6.07) is 8.53. The highest BCUT2D eigenvalue weighted by Crippen LogP contribution is 2.54. The number of hydrogen-bond donors (Lipinski definition) is 1. The fraction of sp³-hybridized carbons (Fsp3) is 0.636. The van der Waals surface area contributed by atoms with Crippen LogP contribution in [0.2, 0.25) is 0 Å². The van der Waals surface area contributed by atoms with Crippen LogP contribution in [0.3, 0.4) is 0 Å². The van der Waals surface area contributed by atoms with Crippen molar-refractivity contribution >= 4 is 11.8 Å². The van der Waals surface area contributed by atoms with Crippen molar-refractivity contribution in [1.82, 2.24) is 15.1 Å². The summed E-state index contributed by atoms with van der Waals surface area (Å²) in [7, 11) is 0. The molecule has 1 aromatic rings. The van der Waals surface area contributed by atoms with Crippen molar-refractivity contribution in [3.63, 3.8) is 0 Å². The lowest BCUT2D eigenvalue weighted by Gasteiger charge is -2.30. The van der Waals surface area contributed by atoms with Gasteiger partial charge in [-0.05, 0) is 30.4 Å². The van der Waals surface area contributed by atoms with Crippen molar-refractivity contribution in [1.29, 1.82) is 0 Å². The van der Waals surface area contributed by atoms with Gasteiger partial charge in [-0.2, -0.15) is 0 Å². The molecule has 0 aromatic heterocycles. The van der Waals surface area contributed by atoms with Crippen LogP contribution in [0, 0.1) is 11.8 Å². The minimum atomic E-state index is -0.169. The van der Waals surface area contributed by atoms with Crippen molar-refractivity contribution in [2.24, 2.45) is 11.8 Å². The Hall–Kier alpha value is -1.92. The zero-order valence-electron chi connectivity index (χ0n) is 16.5. The Labute approximate surface area is 166 Å². The quantitative estimate of drug-likeness (QED) is 0.848. The molecular weight excluding hydrogens is 354 g/mol. The van der Waals surface area contributed by atoms with E-state index in [4.69, 9.17) is 4.74 Å². The Morgan fingerprint density at radius 1 is 1.29 bits per heavy atom. The maximum Gasteiger partial charge on any atom is 0.236 e. The van der Waals surface area contributed by atoms with E-state index in [9.17, 15) is 9.59 Å². The summed E-state index contributed by atoms with van der Waals surface area (Å²) in [6.45, 7) is 5.99. The summed E-state index contributed by atoms with van der Waals surface area (Å²) in [5.74, 6) is 0.906. The number of carbonyl (C=O) groups excluding carboxylic acids is 2. The average Bonchev–Trinajstić information content (AvgIpc) is 3.34. The molecule has 4 aliphatic rings. The summed E-state index contributed by atoms with van der Waals surface area (Å²) in [4.78, 5) is 28.7. The Morgan fingerprint density at radius 2 is 2.11 bits per heavy atom. The molecule has 0 saturated carbocycles. The second-order valence-corrected chi connectivity index (χ2v) is 8.97. The highest BCUT2D eigenvalue weighted by molar-refractivity contribution is 5.79. The van der Waals surface area contributed by atoms with Crippen LogP contribution >= 0.6 is 0 Å². The van der Waals surface area contributed by atoms with Crippen molar-refractivity contribution in [3.05, 3.63) is 35.4 Å². The van der Waals surface area contributed by atoms with Gasteiger partial charge in [0.15, 0.2) is 0 Å². The lowest BCUT2D eigenvalue weighted by Crippen LogP contribution is -2.43. The molecule has 2 bridgehead atoms. The molecular formula is C22H29N3O3. The van der Waals surface area contributed by atoms with E-state index in [1.54, 1.807) is 6.92 Å². The molecule has 0 aliphatic carbocycles. The van der Waals surface area contributed by atoms with Crippen LogP contribution in [0.1, 0.15) is 30.9 Å². The minimum absolute atomic E-state index is 0.00753. The zero-order chi connectivity index (χ0) is 19.3.